The fourth-order valence-corrected chi connectivity index (χ4v) is 5.78. The Morgan fingerprint density at radius 3 is 2.60 bits per heavy atom. The zero-order chi connectivity index (χ0) is 21.6. The second-order valence-corrected chi connectivity index (χ2v) is 10.6. The normalized spacial score (nSPS) is 15.7. The third-order valence-corrected chi connectivity index (χ3v) is 8.11. The van der Waals surface area contributed by atoms with Crippen LogP contribution in [-0.4, -0.2) is 43.4 Å². The van der Waals surface area contributed by atoms with Crippen molar-refractivity contribution in [2.75, 3.05) is 25.0 Å². The van der Waals surface area contributed by atoms with Crippen molar-refractivity contribution in [2.45, 2.75) is 56.8 Å². The van der Waals surface area contributed by atoms with Crippen molar-refractivity contribution in [3.8, 4) is 0 Å². The number of amides is 2. The maximum absolute atomic E-state index is 12.9. The molecule has 0 spiro atoms. The molecule has 1 fully saturated rings. The van der Waals surface area contributed by atoms with E-state index in [0.717, 1.165) is 36.4 Å². The van der Waals surface area contributed by atoms with E-state index < -0.39 is 10.0 Å². The molecule has 30 heavy (non-hydrogen) atoms. The van der Waals surface area contributed by atoms with Crippen molar-refractivity contribution in [3.05, 3.63) is 40.3 Å². The van der Waals surface area contributed by atoms with Crippen molar-refractivity contribution in [2.24, 2.45) is 0 Å². The first-order chi connectivity index (χ1) is 14.4. The highest BCUT2D eigenvalue weighted by molar-refractivity contribution is 7.89. The number of hydrogen-bond acceptors (Lipinski definition) is 5. The van der Waals surface area contributed by atoms with Crippen molar-refractivity contribution in [1.29, 1.82) is 0 Å². The first-order valence-electron chi connectivity index (χ1n) is 10.5. The van der Waals surface area contributed by atoms with Crippen molar-refractivity contribution >= 4 is 33.1 Å². The Hall–Kier alpha value is -1.97. The molecule has 2 amide bonds. The maximum Gasteiger partial charge on any atom is 0.319 e. The molecule has 0 bridgehead atoms. The van der Waals surface area contributed by atoms with E-state index >= 15 is 0 Å². The van der Waals surface area contributed by atoms with Gasteiger partial charge in [0, 0.05) is 43.0 Å². The van der Waals surface area contributed by atoms with Gasteiger partial charge in [-0.05, 0) is 31.0 Å². The lowest BCUT2D eigenvalue weighted by Gasteiger charge is -2.20. The number of nitrogens with one attached hydrogen (secondary N) is 2. The zero-order valence-electron chi connectivity index (χ0n) is 17.6. The minimum atomic E-state index is -3.55. The minimum Gasteiger partial charge on any atom is -0.337 e. The summed E-state index contributed by atoms with van der Waals surface area (Å²) in [5, 5.41) is 8.65. The lowest BCUT2D eigenvalue weighted by atomic mass is 10.2. The fraction of sp³-hybridized carbons (Fsp3) is 0.524. The fourth-order valence-electron chi connectivity index (χ4n) is 3.35. The Morgan fingerprint density at radius 1 is 1.20 bits per heavy atom. The number of carbonyl (C=O) groups is 1. The average Bonchev–Trinajstić information content (AvgIpc) is 3.01. The van der Waals surface area contributed by atoms with E-state index in [1.165, 1.54) is 6.07 Å². The van der Waals surface area contributed by atoms with Crippen LogP contribution in [0.2, 0.25) is 0 Å². The molecule has 1 aliphatic heterocycles. The van der Waals surface area contributed by atoms with Crippen LogP contribution in [0.3, 0.4) is 0 Å². The summed E-state index contributed by atoms with van der Waals surface area (Å²) in [7, 11) is -3.55. The Balaban J connectivity index is 1.55. The predicted octanol–water partition coefficient (Wildman–Crippen LogP) is 4.20. The van der Waals surface area contributed by atoms with Gasteiger partial charge < -0.3 is 10.6 Å². The number of aromatic nitrogens is 1. The minimum absolute atomic E-state index is 0.214. The second kappa shape index (κ2) is 10.4. The number of rotatable bonds is 7. The van der Waals surface area contributed by atoms with Gasteiger partial charge in [0.25, 0.3) is 0 Å². The molecule has 0 saturated carbocycles. The number of thiazole rings is 1. The highest BCUT2D eigenvalue weighted by atomic mass is 32.2. The molecule has 7 nitrogen and oxygen atoms in total. The van der Waals surface area contributed by atoms with E-state index in [2.05, 4.69) is 29.5 Å². The first kappa shape index (κ1) is 22.7. The van der Waals surface area contributed by atoms with Gasteiger partial charge in [0.15, 0.2) is 0 Å². The van der Waals surface area contributed by atoms with E-state index in [1.807, 2.05) is 5.38 Å². The summed E-state index contributed by atoms with van der Waals surface area (Å²) in [6.07, 6.45) is 4.55. The van der Waals surface area contributed by atoms with Gasteiger partial charge in [-0.1, -0.05) is 32.8 Å². The molecule has 2 heterocycles. The number of benzene rings is 1. The molecule has 3 rings (SSSR count). The number of carbonyl (C=O) groups excluding carboxylic acids is 1. The van der Waals surface area contributed by atoms with E-state index in [-0.39, 0.29) is 10.9 Å². The van der Waals surface area contributed by atoms with E-state index in [1.54, 1.807) is 33.8 Å². The van der Waals surface area contributed by atoms with Gasteiger partial charge in [-0.15, -0.1) is 11.3 Å². The van der Waals surface area contributed by atoms with Gasteiger partial charge in [-0.25, -0.2) is 18.2 Å². The molecular weight excluding hydrogens is 420 g/mol. The SMILES string of the molecule is CC(C)c1nc(CCNC(=O)Nc2cccc(S(=O)(=O)N3CCCCCC3)c2)cs1. The van der Waals surface area contributed by atoms with Crippen LogP contribution in [0.15, 0.2) is 34.5 Å². The number of hydrogen-bond donors (Lipinski definition) is 2. The molecule has 0 unspecified atom stereocenters. The summed E-state index contributed by atoms with van der Waals surface area (Å²) in [6.45, 7) is 5.77. The molecular formula is C21H30N4O3S2. The number of sulfonamides is 1. The van der Waals surface area contributed by atoms with E-state index in [4.69, 9.17) is 0 Å². The van der Waals surface area contributed by atoms with Crippen LogP contribution in [0.4, 0.5) is 10.5 Å². The van der Waals surface area contributed by atoms with E-state index in [9.17, 15) is 13.2 Å². The lowest BCUT2D eigenvalue weighted by molar-refractivity contribution is 0.252. The zero-order valence-corrected chi connectivity index (χ0v) is 19.2. The standard InChI is InChI=1S/C21H30N4O3S2/c1-16(2)20-23-18(15-29-20)10-11-22-21(26)24-17-8-7-9-19(14-17)30(27,28)25-12-5-3-4-6-13-25/h7-9,14-16H,3-6,10-13H2,1-2H3,(H2,22,24,26). The number of nitrogens with zero attached hydrogens (tertiary/aromatic N) is 2. The van der Waals surface area contributed by atoms with Gasteiger partial charge in [-0.3, -0.25) is 0 Å². The molecule has 1 aromatic heterocycles. The second-order valence-electron chi connectivity index (χ2n) is 7.81. The van der Waals surface area contributed by atoms with Crippen molar-refractivity contribution in [1.82, 2.24) is 14.6 Å². The Labute approximate surface area is 183 Å². The molecule has 164 valence electrons. The van der Waals surface area contributed by atoms with Crippen LogP contribution in [-0.2, 0) is 16.4 Å². The van der Waals surface area contributed by atoms with Gasteiger partial charge in [0.1, 0.15) is 0 Å². The molecule has 0 radical (unpaired) electrons. The molecule has 0 aliphatic carbocycles. The first-order valence-corrected chi connectivity index (χ1v) is 12.8. The highest BCUT2D eigenvalue weighted by Gasteiger charge is 2.25. The molecule has 2 aromatic rings. The van der Waals surface area contributed by atoms with Crippen LogP contribution in [0, 0.1) is 0 Å². The van der Waals surface area contributed by atoms with Gasteiger partial charge in [0.2, 0.25) is 10.0 Å². The smallest absolute Gasteiger partial charge is 0.319 e. The third-order valence-electron chi connectivity index (χ3n) is 5.02. The third kappa shape index (κ3) is 6.02. The maximum atomic E-state index is 12.9. The number of anilines is 1. The largest absolute Gasteiger partial charge is 0.337 e. The summed E-state index contributed by atoms with van der Waals surface area (Å²) in [4.78, 5) is 17.0. The predicted molar refractivity (Wildman–Crippen MR) is 121 cm³/mol. The van der Waals surface area contributed by atoms with Crippen LogP contribution in [0.5, 0.6) is 0 Å². The Morgan fingerprint density at radius 2 is 1.93 bits per heavy atom. The van der Waals surface area contributed by atoms with Crippen LogP contribution in [0.1, 0.15) is 56.2 Å². The average molecular weight is 451 g/mol. The Kier molecular flexibility index (Phi) is 7.85. The monoisotopic (exact) mass is 450 g/mol. The highest BCUT2D eigenvalue weighted by Crippen LogP contribution is 2.23. The summed E-state index contributed by atoms with van der Waals surface area (Å²) >= 11 is 1.64. The van der Waals surface area contributed by atoms with Gasteiger partial charge in [0.05, 0.1) is 15.6 Å². The lowest BCUT2D eigenvalue weighted by Crippen LogP contribution is -2.32. The van der Waals surface area contributed by atoms with Crippen molar-refractivity contribution in [3.63, 3.8) is 0 Å². The van der Waals surface area contributed by atoms with Crippen LogP contribution in [0.25, 0.3) is 0 Å². The van der Waals surface area contributed by atoms with Crippen LogP contribution < -0.4 is 10.6 Å². The molecule has 1 saturated heterocycles. The molecule has 2 N–H and O–H groups in total. The number of urea groups is 1. The molecule has 1 aromatic carbocycles. The van der Waals surface area contributed by atoms with Crippen LogP contribution >= 0.6 is 11.3 Å². The molecule has 9 heteroatoms. The molecule has 1 aliphatic rings. The summed E-state index contributed by atoms with van der Waals surface area (Å²) < 4.78 is 27.5. The summed E-state index contributed by atoms with van der Waals surface area (Å²) in [5.41, 5.74) is 1.42. The topological polar surface area (TPSA) is 91.4 Å². The van der Waals surface area contributed by atoms with Gasteiger partial charge in [-0.2, -0.15) is 4.31 Å². The summed E-state index contributed by atoms with van der Waals surface area (Å²) in [5.74, 6) is 0.401. The van der Waals surface area contributed by atoms with E-state index in [0.29, 0.717) is 37.7 Å². The molecule has 0 atom stereocenters. The Bertz CT molecular complexity index is 949. The summed E-state index contributed by atoms with van der Waals surface area (Å²) in [6, 6.07) is 6.09. The van der Waals surface area contributed by atoms with Gasteiger partial charge >= 0.3 is 6.03 Å². The van der Waals surface area contributed by atoms with Crippen molar-refractivity contribution < 1.29 is 13.2 Å². The quantitative estimate of drug-likeness (QED) is 0.661.